The van der Waals surface area contributed by atoms with Crippen LogP contribution >= 0.6 is 11.6 Å². The van der Waals surface area contributed by atoms with Crippen LogP contribution in [0.4, 0.5) is 0 Å². The van der Waals surface area contributed by atoms with E-state index in [2.05, 4.69) is 21.7 Å². The van der Waals surface area contributed by atoms with Gasteiger partial charge in [0.05, 0.1) is 5.88 Å². The molecule has 5 heteroatoms. The molecule has 0 radical (unpaired) electrons. The minimum atomic E-state index is 0.428. The van der Waals surface area contributed by atoms with Crippen molar-refractivity contribution in [3.8, 4) is 0 Å². The number of hydrogen-bond acceptors (Lipinski definition) is 3. The van der Waals surface area contributed by atoms with Gasteiger partial charge in [-0.2, -0.15) is 0 Å². The molecule has 0 bridgehead atoms. The van der Waals surface area contributed by atoms with Crippen LogP contribution in [0.3, 0.4) is 0 Å². The first-order valence-corrected chi connectivity index (χ1v) is 5.96. The van der Waals surface area contributed by atoms with Crippen molar-refractivity contribution in [1.29, 1.82) is 0 Å². The van der Waals surface area contributed by atoms with Crippen molar-refractivity contribution in [3.05, 3.63) is 11.6 Å². The van der Waals surface area contributed by atoms with Crippen LogP contribution in [0.15, 0.2) is 0 Å². The van der Waals surface area contributed by atoms with Crippen LogP contribution in [0.2, 0.25) is 0 Å². The first kappa shape index (κ1) is 10.9. The maximum absolute atomic E-state index is 5.81. The number of hydrogen-bond donors (Lipinski definition) is 0. The van der Waals surface area contributed by atoms with Crippen LogP contribution in [0.5, 0.6) is 0 Å². The monoisotopic (exact) mass is 229 g/mol. The maximum atomic E-state index is 5.81. The van der Waals surface area contributed by atoms with Gasteiger partial charge in [-0.05, 0) is 19.3 Å². The Bertz CT molecular complexity index is 322. The second-order valence-corrected chi connectivity index (χ2v) is 4.09. The fourth-order valence-electron chi connectivity index (χ4n) is 1.61. The highest BCUT2D eigenvalue weighted by Gasteiger charge is 2.28. The highest BCUT2D eigenvalue weighted by atomic mass is 35.5. The van der Waals surface area contributed by atoms with Crippen molar-refractivity contribution < 1.29 is 4.74 Å². The van der Waals surface area contributed by atoms with Crippen LogP contribution in [-0.2, 0) is 17.2 Å². The Kier molecular flexibility index (Phi) is 3.59. The van der Waals surface area contributed by atoms with E-state index in [9.17, 15) is 0 Å². The minimum Gasteiger partial charge on any atom is -0.373 e. The summed E-state index contributed by atoms with van der Waals surface area (Å²) >= 11 is 5.81. The van der Waals surface area contributed by atoms with Gasteiger partial charge in [0.1, 0.15) is 12.4 Å². The number of halogens is 1. The molecule has 0 N–H and O–H groups in total. The largest absolute Gasteiger partial charge is 0.373 e. The molecular weight excluding hydrogens is 214 g/mol. The molecule has 1 aromatic rings. The third-order valence-corrected chi connectivity index (χ3v) is 2.69. The Morgan fingerprint density at radius 2 is 2.13 bits per heavy atom. The molecule has 0 atom stereocenters. The van der Waals surface area contributed by atoms with Crippen LogP contribution in [0, 0.1) is 0 Å². The predicted octanol–water partition coefficient (Wildman–Crippen LogP) is 2.28. The number of nitrogens with zero attached hydrogens (tertiary/aromatic N) is 3. The molecule has 0 saturated heterocycles. The van der Waals surface area contributed by atoms with Crippen molar-refractivity contribution in [1.82, 2.24) is 14.8 Å². The number of alkyl halides is 1. The fourth-order valence-corrected chi connectivity index (χ4v) is 1.79. The van der Waals surface area contributed by atoms with Gasteiger partial charge in [-0.1, -0.05) is 6.92 Å². The average molecular weight is 230 g/mol. The summed E-state index contributed by atoms with van der Waals surface area (Å²) in [4.78, 5) is 0. The third-order valence-electron chi connectivity index (χ3n) is 2.45. The topological polar surface area (TPSA) is 39.9 Å². The highest BCUT2D eigenvalue weighted by molar-refractivity contribution is 6.16. The smallest absolute Gasteiger partial charge is 0.159 e. The number of ether oxygens (including phenoxy) is 1. The lowest BCUT2D eigenvalue weighted by molar-refractivity contribution is 0.113. The van der Waals surface area contributed by atoms with E-state index in [0.29, 0.717) is 18.5 Å². The van der Waals surface area contributed by atoms with Gasteiger partial charge < -0.3 is 9.30 Å². The van der Waals surface area contributed by atoms with Gasteiger partial charge in [-0.3, -0.25) is 0 Å². The zero-order valence-electron chi connectivity index (χ0n) is 8.95. The van der Waals surface area contributed by atoms with Crippen molar-refractivity contribution in [2.45, 2.75) is 44.7 Å². The zero-order valence-corrected chi connectivity index (χ0v) is 9.70. The summed E-state index contributed by atoms with van der Waals surface area (Å²) < 4.78 is 7.62. The molecule has 4 nitrogen and oxygen atoms in total. The molecule has 0 amide bonds. The van der Waals surface area contributed by atoms with E-state index >= 15 is 0 Å². The average Bonchev–Trinajstić information content (AvgIpc) is 3.00. The van der Waals surface area contributed by atoms with Gasteiger partial charge >= 0.3 is 0 Å². The van der Waals surface area contributed by atoms with Gasteiger partial charge in [0.2, 0.25) is 0 Å². The van der Waals surface area contributed by atoms with Crippen LogP contribution in [0.1, 0.15) is 43.9 Å². The second-order valence-electron chi connectivity index (χ2n) is 3.82. The summed E-state index contributed by atoms with van der Waals surface area (Å²) in [7, 11) is 0. The summed E-state index contributed by atoms with van der Waals surface area (Å²) in [5.41, 5.74) is 0. The van der Waals surface area contributed by atoms with Gasteiger partial charge in [0.25, 0.3) is 0 Å². The normalized spacial score (nSPS) is 15.9. The molecule has 0 spiro atoms. The lowest BCUT2D eigenvalue weighted by atomic mass is 10.5. The van der Waals surface area contributed by atoms with Gasteiger partial charge in [-0.25, -0.2) is 0 Å². The van der Waals surface area contributed by atoms with E-state index < -0.39 is 0 Å². The van der Waals surface area contributed by atoms with Crippen LogP contribution in [0.25, 0.3) is 0 Å². The minimum absolute atomic E-state index is 0.428. The fraction of sp³-hybridized carbons (Fsp3) is 0.800. The Balaban J connectivity index is 2.05. The summed E-state index contributed by atoms with van der Waals surface area (Å²) in [5.74, 6) is 2.22. The molecule has 1 aliphatic carbocycles. The van der Waals surface area contributed by atoms with Gasteiger partial charge in [0.15, 0.2) is 5.82 Å². The molecule has 0 unspecified atom stereocenters. The van der Waals surface area contributed by atoms with Crippen molar-refractivity contribution in [3.63, 3.8) is 0 Å². The summed E-state index contributed by atoms with van der Waals surface area (Å²) in [6.45, 7) is 3.41. The molecule has 1 saturated carbocycles. The quantitative estimate of drug-likeness (QED) is 0.555. The molecular formula is C10H16ClN3O. The van der Waals surface area contributed by atoms with E-state index in [1.165, 1.54) is 12.8 Å². The Morgan fingerprint density at radius 3 is 2.73 bits per heavy atom. The molecule has 1 heterocycles. The Labute approximate surface area is 94.6 Å². The SMILES string of the molecule is CCCOCc1nnc(CCl)n1C1CC1. The molecule has 15 heavy (non-hydrogen) atoms. The standard InChI is InChI=1S/C10H16ClN3O/c1-2-5-15-7-10-13-12-9(6-11)14(10)8-3-4-8/h8H,2-7H2,1H3. The summed E-state index contributed by atoms with van der Waals surface area (Å²) in [6, 6.07) is 0.564. The van der Waals surface area contributed by atoms with Crippen LogP contribution in [-0.4, -0.2) is 21.4 Å². The van der Waals surface area contributed by atoms with Crippen LogP contribution < -0.4 is 0 Å². The molecule has 0 aliphatic heterocycles. The maximum Gasteiger partial charge on any atom is 0.159 e. The molecule has 84 valence electrons. The summed E-state index contributed by atoms with van der Waals surface area (Å²) in [6.07, 6.45) is 3.45. The van der Waals surface area contributed by atoms with E-state index in [-0.39, 0.29) is 0 Å². The van der Waals surface area contributed by atoms with Crippen molar-refractivity contribution in [2.24, 2.45) is 0 Å². The Morgan fingerprint density at radius 1 is 1.40 bits per heavy atom. The molecule has 2 rings (SSSR count). The van der Waals surface area contributed by atoms with E-state index in [4.69, 9.17) is 16.3 Å². The lowest BCUT2D eigenvalue weighted by Crippen LogP contribution is -2.07. The van der Waals surface area contributed by atoms with E-state index in [1.54, 1.807) is 0 Å². The first-order valence-electron chi connectivity index (χ1n) is 5.43. The number of rotatable bonds is 6. The predicted molar refractivity (Wildman–Crippen MR) is 57.8 cm³/mol. The van der Waals surface area contributed by atoms with Crippen molar-refractivity contribution in [2.75, 3.05) is 6.61 Å². The van der Waals surface area contributed by atoms with Gasteiger partial charge in [0, 0.05) is 12.6 Å². The number of aromatic nitrogens is 3. The third kappa shape index (κ3) is 2.49. The first-order chi connectivity index (χ1) is 7.36. The van der Waals surface area contributed by atoms with E-state index in [0.717, 1.165) is 24.7 Å². The zero-order chi connectivity index (χ0) is 10.7. The Hall–Kier alpha value is -0.610. The van der Waals surface area contributed by atoms with Gasteiger partial charge in [-0.15, -0.1) is 21.8 Å². The molecule has 1 aliphatic rings. The molecule has 0 aromatic carbocycles. The lowest BCUT2D eigenvalue weighted by Gasteiger charge is -2.07. The highest BCUT2D eigenvalue weighted by Crippen LogP contribution is 2.36. The molecule has 1 aromatic heterocycles. The molecule has 1 fully saturated rings. The summed E-state index contributed by atoms with van der Waals surface area (Å²) in [5, 5.41) is 8.20. The van der Waals surface area contributed by atoms with Crippen molar-refractivity contribution >= 4 is 11.6 Å². The van der Waals surface area contributed by atoms with E-state index in [1.807, 2.05) is 0 Å². The second kappa shape index (κ2) is 4.94.